The van der Waals surface area contributed by atoms with Crippen LogP contribution in [0.25, 0.3) is 5.69 Å². The van der Waals surface area contributed by atoms with E-state index in [2.05, 4.69) is 31.4 Å². The maximum absolute atomic E-state index is 12.6. The summed E-state index contributed by atoms with van der Waals surface area (Å²) in [5.41, 5.74) is 2.85. The Bertz CT molecular complexity index is 1060. The number of fused-ring (bicyclic) bond motifs is 1. The lowest BCUT2D eigenvalue weighted by Gasteiger charge is -2.26. The molecule has 9 heteroatoms. The summed E-state index contributed by atoms with van der Waals surface area (Å²) >= 11 is 11.0. The summed E-state index contributed by atoms with van der Waals surface area (Å²) in [4.78, 5) is 12.6. The van der Waals surface area contributed by atoms with E-state index in [1.165, 1.54) is 11.8 Å². The number of nitrogens with zero attached hydrogens (tertiary/aromatic N) is 3. The molecule has 1 aliphatic heterocycles. The number of aromatic nitrogens is 3. The van der Waals surface area contributed by atoms with Crippen LogP contribution in [-0.4, -0.2) is 33.0 Å². The van der Waals surface area contributed by atoms with E-state index in [1.54, 1.807) is 6.33 Å². The normalized spacial score (nSPS) is 15.5. The first-order valence-corrected chi connectivity index (χ1v) is 11.2. The maximum atomic E-state index is 12.6. The molecule has 2 aromatic carbocycles. The molecule has 1 aliphatic rings. The summed E-state index contributed by atoms with van der Waals surface area (Å²) in [6.45, 7) is 2.53. The van der Waals surface area contributed by atoms with Crippen LogP contribution in [-0.2, 0) is 4.79 Å². The van der Waals surface area contributed by atoms with E-state index in [0.717, 1.165) is 33.5 Å². The highest BCUT2D eigenvalue weighted by atomic mass is 79.9. The van der Waals surface area contributed by atoms with E-state index in [0.29, 0.717) is 16.8 Å². The molecule has 0 saturated heterocycles. The summed E-state index contributed by atoms with van der Waals surface area (Å²) in [7, 11) is 0. The molecule has 1 atom stereocenters. The Morgan fingerprint density at radius 1 is 1.38 bits per heavy atom. The number of hydrogen-bond donors (Lipinski definition) is 1. The van der Waals surface area contributed by atoms with Crippen LogP contribution in [0.15, 0.2) is 52.4 Å². The Labute approximate surface area is 186 Å². The molecule has 6 nitrogen and oxygen atoms in total. The number of rotatable bonds is 5. The van der Waals surface area contributed by atoms with Gasteiger partial charge in [0.1, 0.15) is 12.1 Å². The van der Waals surface area contributed by atoms with Gasteiger partial charge >= 0.3 is 0 Å². The van der Waals surface area contributed by atoms with E-state index < -0.39 is 0 Å². The summed E-state index contributed by atoms with van der Waals surface area (Å²) in [5.74, 6) is 0.983. The Morgan fingerprint density at radius 2 is 2.24 bits per heavy atom. The fourth-order valence-electron chi connectivity index (χ4n) is 3.11. The van der Waals surface area contributed by atoms with Crippen molar-refractivity contribution >= 4 is 45.2 Å². The van der Waals surface area contributed by atoms with Crippen molar-refractivity contribution in [2.75, 3.05) is 12.4 Å². The molecule has 1 unspecified atom stereocenters. The van der Waals surface area contributed by atoms with E-state index in [9.17, 15) is 4.79 Å². The lowest BCUT2D eigenvalue weighted by Crippen LogP contribution is -2.33. The second-order valence-corrected chi connectivity index (χ2v) is 8.91. The smallest absolute Gasteiger partial charge is 0.230 e. The molecule has 0 radical (unpaired) electrons. The average Bonchev–Trinajstić information content (AvgIpc) is 3.17. The largest absolute Gasteiger partial charge is 0.493 e. The molecule has 2 heterocycles. The minimum absolute atomic E-state index is 0.0654. The number of nitrogens with one attached hydrogen (secondary N) is 1. The molecule has 4 rings (SSSR count). The second kappa shape index (κ2) is 8.77. The zero-order valence-corrected chi connectivity index (χ0v) is 18.7. The maximum Gasteiger partial charge on any atom is 0.230 e. The van der Waals surface area contributed by atoms with Crippen LogP contribution in [0.2, 0.25) is 5.02 Å². The van der Waals surface area contributed by atoms with Crippen LogP contribution in [0.1, 0.15) is 23.6 Å². The van der Waals surface area contributed by atoms with Crippen molar-refractivity contribution < 1.29 is 9.53 Å². The highest BCUT2D eigenvalue weighted by molar-refractivity contribution is 9.10. The van der Waals surface area contributed by atoms with Gasteiger partial charge in [-0.3, -0.25) is 9.36 Å². The van der Waals surface area contributed by atoms with Crippen molar-refractivity contribution in [3.8, 4) is 11.4 Å². The first-order valence-electron chi connectivity index (χ1n) is 9.02. The zero-order chi connectivity index (χ0) is 20.4. The first-order chi connectivity index (χ1) is 14.0. The van der Waals surface area contributed by atoms with Gasteiger partial charge in [0.2, 0.25) is 5.91 Å². The van der Waals surface area contributed by atoms with Crippen LogP contribution in [0.3, 0.4) is 0 Å². The number of thioether (sulfide) groups is 1. The number of hydrogen-bond acceptors (Lipinski definition) is 5. The van der Waals surface area contributed by atoms with Gasteiger partial charge in [0.05, 0.1) is 24.1 Å². The Kier molecular flexibility index (Phi) is 6.12. The molecule has 1 N–H and O–H groups in total. The van der Waals surface area contributed by atoms with Gasteiger partial charge in [-0.15, -0.1) is 10.2 Å². The number of aryl methyl sites for hydroxylation is 1. The molecule has 0 aliphatic carbocycles. The molecular weight excluding hydrogens is 476 g/mol. The van der Waals surface area contributed by atoms with Crippen molar-refractivity contribution in [2.45, 2.75) is 24.5 Å². The van der Waals surface area contributed by atoms with Crippen LogP contribution in [0, 0.1) is 6.92 Å². The van der Waals surface area contributed by atoms with Crippen LogP contribution in [0.4, 0.5) is 0 Å². The van der Waals surface area contributed by atoms with Crippen molar-refractivity contribution in [1.29, 1.82) is 0 Å². The van der Waals surface area contributed by atoms with E-state index in [1.807, 2.05) is 47.9 Å². The molecular formula is C20H18BrClN4O2S. The van der Waals surface area contributed by atoms with Gasteiger partial charge in [-0.25, -0.2) is 0 Å². The number of halogens is 2. The number of ether oxygens (including phenoxy) is 1. The highest BCUT2D eigenvalue weighted by Crippen LogP contribution is 2.34. The van der Waals surface area contributed by atoms with Crippen molar-refractivity contribution in [2.24, 2.45) is 0 Å². The van der Waals surface area contributed by atoms with Crippen LogP contribution >= 0.6 is 39.3 Å². The molecule has 0 fully saturated rings. The molecule has 150 valence electrons. The van der Waals surface area contributed by atoms with Crippen molar-refractivity contribution in [3.63, 3.8) is 0 Å². The number of carbonyl (C=O) groups is 1. The van der Waals surface area contributed by atoms with Gasteiger partial charge in [-0.1, -0.05) is 45.4 Å². The average molecular weight is 494 g/mol. The van der Waals surface area contributed by atoms with Gasteiger partial charge in [-0.05, 0) is 42.8 Å². The molecule has 0 spiro atoms. The lowest BCUT2D eigenvalue weighted by molar-refractivity contribution is -0.119. The topological polar surface area (TPSA) is 69.0 Å². The third kappa shape index (κ3) is 4.60. The Morgan fingerprint density at radius 3 is 3.07 bits per heavy atom. The van der Waals surface area contributed by atoms with Gasteiger partial charge in [-0.2, -0.15) is 0 Å². The minimum Gasteiger partial charge on any atom is -0.493 e. The first kappa shape index (κ1) is 20.3. The number of benzene rings is 2. The molecule has 3 aromatic rings. The summed E-state index contributed by atoms with van der Waals surface area (Å²) in [6.07, 6.45) is 2.35. The summed E-state index contributed by atoms with van der Waals surface area (Å²) < 4.78 is 8.46. The second-order valence-electron chi connectivity index (χ2n) is 6.65. The summed E-state index contributed by atoms with van der Waals surface area (Å²) in [6, 6.07) is 11.5. The Balaban J connectivity index is 1.42. The van der Waals surface area contributed by atoms with E-state index in [-0.39, 0.29) is 17.7 Å². The third-order valence-electron chi connectivity index (χ3n) is 4.63. The zero-order valence-electron chi connectivity index (χ0n) is 15.6. The molecule has 1 aromatic heterocycles. The highest BCUT2D eigenvalue weighted by Gasteiger charge is 2.23. The monoisotopic (exact) mass is 492 g/mol. The number of amides is 1. The minimum atomic E-state index is -0.0712. The fourth-order valence-corrected chi connectivity index (χ4v) is 4.41. The predicted molar refractivity (Wildman–Crippen MR) is 117 cm³/mol. The van der Waals surface area contributed by atoms with Crippen molar-refractivity contribution in [3.05, 3.63) is 63.3 Å². The molecule has 1 amide bonds. The quantitative estimate of drug-likeness (QED) is 0.521. The lowest BCUT2D eigenvalue weighted by atomic mass is 10.0. The van der Waals surface area contributed by atoms with Gasteiger partial charge in [0.25, 0.3) is 0 Å². The third-order valence-corrected chi connectivity index (χ3v) is 6.47. The summed E-state index contributed by atoms with van der Waals surface area (Å²) in [5, 5.41) is 12.5. The molecule has 0 saturated carbocycles. The fraction of sp³-hybridized carbons (Fsp3) is 0.250. The molecule has 0 bridgehead atoms. The number of carbonyl (C=O) groups excluding carboxylic acids is 1. The van der Waals surface area contributed by atoms with E-state index >= 15 is 0 Å². The molecule has 29 heavy (non-hydrogen) atoms. The van der Waals surface area contributed by atoms with Gasteiger partial charge in [0.15, 0.2) is 5.16 Å². The predicted octanol–water partition coefficient (Wildman–Crippen LogP) is 4.72. The van der Waals surface area contributed by atoms with Gasteiger partial charge < -0.3 is 10.1 Å². The van der Waals surface area contributed by atoms with Gasteiger partial charge in [0, 0.05) is 21.5 Å². The SMILES string of the molecule is Cc1ccc(-n2cnnc2SCC(=O)NC2CCOc3ccc(Br)cc32)cc1Cl. The van der Waals surface area contributed by atoms with Crippen LogP contribution in [0.5, 0.6) is 5.75 Å². The van der Waals surface area contributed by atoms with Crippen molar-refractivity contribution in [1.82, 2.24) is 20.1 Å². The van der Waals surface area contributed by atoms with Crippen LogP contribution < -0.4 is 10.1 Å². The standard InChI is InChI=1S/C20H18BrClN4O2S/c1-12-2-4-14(9-16(12)22)26-11-23-25-20(26)29-10-19(27)24-17-6-7-28-18-5-3-13(21)8-15(17)18/h2-5,8-9,11,17H,6-7,10H2,1H3,(H,24,27). The van der Waals surface area contributed by atoms with E-state index in [4.69, 9.17) is 16.3 Å². The Hall–Kier alpha value is -2.03.